The number of hydrogen-bond acceptors (Lipinski definition) is 3. The number of carbonyl (C=O) groups excluding carboxylic acids is 1. The van der Waals surface area contributed by atoms with Gasteiger partial charge in [-0.25, -0.2) is 0 Å². The maximum Gasteiger partial charge on any atom is 0.229 e. The molecule has 0 aliphatic carbocycles. The molecule has 0 aromatic heterocycles. The zero-order chi connectivity index (χ0) is 22.5. The molecule has 1 aliphatic rings. The number of halogens is 1. The quantitative estimate of drug-likeness (QED) is 0.421. The van der Waals surface area contributed by atoms with Crippen LogP contribution in [0, 0.1) is 0 Å². The van der Waals surface area contributed by atoms with Crippen molar-refractivity contribution < 1.29 is 4.79 Å². The van der Waals surface area contributed by atoms with Gasteiger partial charge in [0, 0.05) is 47.3 Å². The van der Waals surface area contributed by atoms with E-state index < -0.39 is 0 Å². The summed E-state index contributed by atoms with van der Waals surface area (Å²) in [6.45, 7) is 7.30. The van der Waals surface area contributed by atoms with Gasteiger partial charge in [0.25, 0.3) is 0 Å². The van der Waals surface area contributed by atoms with Crippen molar-refractivity contribution in [1.82, 2.24) is 0 Å². The van der Waals surface area contributed by atoms with Crippen molar-refractivity contribution in [1.29, 1.82) is 0 Å². The Kier molecular flexibility index (Phi) is 7.05. The summed E-state index contributed by atoms with van der Waals surface area (Å²) < 4.78 is 0.969. The average Bonchev–Trinajstić information content (AvgIpc) is 2.82. The molecule has 1 amide bonds. The number of benzene rings is 3. The summed E-state index contributed by atoms with van der Waals surface area (Å²) in [4.78, 5) is 22.2. The monoisotopic (exact) mass is 489 g/mol. The van der Waals surface area contributed by atoms with E-state index in [0.29, 0.717) is 19.5 Å². The van der Waals surface area contributed by atoms with Gasteiger partial charge >= 0.3 is 0 Å². The minimum absolute atomic E-state index is 0.0947. The first-order valence-electron chi connectivity index (χ1n) is 11.1. The van der Waals surface area contributed by atoms with E-state index in [1.54, 1.807) is 0 Å². The zero-order valence-electron chi connectivity index (χ0n) is 18.6. The second kappa shape index (κ2) is 10.1. The van der Waals surface area contributed by atoms with Gasteiger partial charge in [0.15, 0.2) is 0 Å². The first kappa shape index (κ1) is 22.3. The van der Waals surface area contributed by atoms with Crippen molar-refractivity contribution in [2.75, 3.05) is 29.4 Å². The molecule has 0 radical (unpaired) electrons. The van der Waals surface area contributed by atoms with Gasteiger partial charge in [-0.1, -0.05) is 58.4 Å². The van der Waals surface area contributed by atoms with Crippen molar-refractivity contribution in [2.45, 2.75) is 26.8 Å². The molecule has 0 N–H and O–H groups in total. The fraction of sp³-hybridized carbons (Fsp3) is 0.259. The van der Waals surface area contributed by atoms with Crippen LogP contribution in [0.25, 0.3) is 0 Å². The van der Waals surface area contributed by atoms with Gasteiger partial charge in [-0.15, -0.1) is 0 Å². The Labute approximate surface area is 198 Å². The lowest BCUT2D eigenvalue weighted by atomic mass is 9.98. The third kappa shape index (κ3) is 4.78. The highest BCUT2D eigenvalue weighted by Crippen LogP contribution is 2.31. The molecule has 0 saturated carbocycles. The number of fused-ring (bicyclic) bond motifs is 1. The third-order valence-electron chi connectivity index (χ3n) is 5.85. The van der Waals surface area contributed by atoms with Crippen molar-refractivity contribution in [3.05, 3.63) is 94.0 Å². The predicted molar refractivity (Wildman–Crippen MR) is 137 cm³/mol. The number of carbonyl (C=O) groups is 1. The molecule has 0 fully saturated rings. The smallest absolute Gasteiger partial charge is 0.229 e. The van der Waals surface area contributed by atoms with E-state index in [1.807, 2.05) is 35.2 Å². The minimum atomic E-state index is 0.0947. The van der Waals surface area contributed by atoms with Crippen molar-refractivity contribution in [3.8, 4) is 0 Å². The summed E-state index contributed by atoms with van der Waals surface area (Å²) in [6.07, 6.45) is 0.392. The number of hydrogen-bond donors (Lipinski definition) is 0. The Morgan fingerprint density at radius 2 is 1.69 bits per heavy atom. The van der Waals surface area contributed by atoms with Crippen LogP contribution in [0.2, 0.25) is 0 Å². The number of nitrogens with zero attached hydrogens (tertiary/aromatic N) is 3. The second-order valence-electron chi connectivity index (χ2n) is 7.83. The fourth-order valence-electron chi connectivity index (χ4n) is 4.15. The molecule has 0 spiro atoms. The van der Waals surface area contributed by atoms with Crippen LogP contribution >= 0.6 is 15.9 Å². The van der Waals surface area contributed by atoms with E-state index in [-0.39, 0.29) is 5.91 Å². The second-order valence-corrected chi connectivity index (χ2v) is 8.74. The number of anilines is 2. The standard InChI is InChI=1S/C27H28BrN3O/c1-3-30(4-2)23-13-10-20(11-14-23)19-31-25-15-12-22(28)18-24(25)27(29-17-16-26(31)32)21-8-6-5-7-9-21/h5-15,18H,3-4,16-17,19H2,1-2H3. The highest BCUT2D eigenvalue weighted by Gasteiger charge is 2.24. The van der Waals surface area contributed by atoms with Gasteiger partial charge in [0.05, 0.1) is 17.9 Å². The zero-order valence-corrected chi connectivity index (χ0v) is 20.2. The summed E-state index contributed by atoms with van der Waals surface area (Å²) in [5, 5.41) is 0. The van der Waals surface area contributed by atoms with E-state index >= 15 is 0 Å². The minimum Gasteiger partial charge on any atom is -0.372 e. The van der Waals surface area contributed by atoms with Crippen LogP contribution in [0.5, 0.6) is 0 Å². The summed E-state index contributed by atoms with van der Waals surface area (Å²) in [7, 11) is 0. The Morgan fingerprint density at radius 1 is 0.969 bits per heavy atom. The number of amides is 1. The van der Waals surface area contributed by atoms with Crippen molar-refractivity contribution in [2.24, 2.45) is 4.99 Å². The lowest BCUT2D eigenvalue weighted by Crippen LogP contribution is -2.33. The van der Waals surface area contributed by atoms with Crippen LogP contribution in [-0.2, 0) is 11.3 Å². The van der Waals surface area contributed by atoms with Gasteiger partial charge in [-0.05, 0) is 49.7 Å². The molecule has 0 bridgehead atoms. The van der Waals surface area contributed by atoms with Crippen LogP contribution in [-0.4, -0.2) is 31.3 Å². The van der Waals surface area contributed by atoms with E-state index in [1.165, 1.54) is 5.69 Å². The molecule has 1 aliphatic heterocycles. The molecule has 1 heterocycles. The molecular weight excluding hydrogens is 462 g/mol. The van der Waals surface area contributed by atoms with Gasteiger partial charge < -0.3 is 9.80 Å². The molecule has 0 atom stereocenters. The molecule has 164 valence electrons. The van der Waals surface area contributed by atoms with Gasteiger partial charge in [-0.2, -0.15) is 0 Å². The molecule has 0 saturated heterocycles. The Hall–Kier alpha value is -2.92. The first-order valence-corrected chi connectivity index (χ1v) is 11.9. The number of rotatable bonds is 6. The SMILES string of the molecule is CCN(CC)c1ccc(CN2C(=O)CCN=C(c3ccccc3)c3cc(Br)ccc32)cc1. The third-order valence-corrected chi connectivity index (χ3v) is 6.35. The lowest BCUT2D eigenvalue weighted by Gasteiger charge is -2.28. The van der Waals surface area contributed by atoms with Crippen LogP contribution in [0.4, 0.5) is 11.4 Å². The molecule has 0 unspecified atom stereocenters. The molecule has 3 aromatic carbocycles. The van der Waals surface area contributed by atoms with E-state index in [2.05, 4.69) is 77.1 Å². The summed E-state index contributed by atoms with van der Waals surface area (Å²) in [5.74, 6) is 0.0947. The Balaban J connectivity index is 1.72. The fourth-order valence-corrected chi connectivity index (χ4v) is 4.51. The van der Waals surface area contributed by atoms with E-state index in [0.717, 1.165) is 45.7 Å². The first-order chi connectivity index (χ1) is 15.6. The average molecular weight is 490 g/mol. The van der Waals surface area contributed by atoms with E-state index in [4.69, 9.17) is 4.99 Å². The summed E-state index contributed by atoms with van der Waals surface area (Å²) >= 11 is 3.61. The summed E-state index contributed by atoms with van der Waals surface area (Å²) in [6, 6.07) is 24.8. The Bertz CT molecular complexity index is 1110. The maximum absolute atomic E-state index is 13.2. The molecule has 4 rings (SSSR count). The highest BCUT2D eigenvalue weighted by atomic mass is 79.9. The molecule has 5 heteroatoms. The van der Waals surface area contributed by atoms with Crippen LogP contribution in [0.15, 0.2) is 82.3 Å². The number of aliphatic imine (C=N–C) groups is 1. The molecular formula is C27H28BrN3O. The van der Waals surface area contributed by atoms with Gasteiger partial charge in [-0.3, -0.25) is 9.79 Å². The van der Waals surface area contributed by atoms with Crippen molar-refractivity contribution in [3.63, 3.8) is 0 Å². The lowest BCUT2D eigenvalue weighted by molar-refractivity contribution is -0.118. The topological polar surface area (TPSA) is 35.9 Å². The van der Waals surface area contributed by atoms with E-state index in [9.17, 15) is 4.79 Å². The van der Waals surface area contributed by atoms with Crippen molar-refractivity contribution >= 4 is 38.9 Å². The molecule has 4 nitrogen and oxygen atoms in total. The van der Waals surface area contributed by atoms with Gasteiger partial charge in [0.1, 0.15) is 0 Å². The predicted octanol–water partition coefficient (Wildman–Crippen LogP) is 6.07. The van der Waals surface area contributed by atoms with Crippen LogP contribution < -0.4 is 9.80 Å². The van der Waals surface area contributed by atoms with Gasteiger partial charge in [0.2, 0.25) is 5.91 Å². The largest absolute Gasteiger partial charge is 0.372 e. The highest BCUT2D eigenvalue weighted by molar-refractivity contribution is 9.10. The molecule has 3 aromatic rings. The summed E-state index contributed by atoms with van der Waals surface area (Å²) in [5.41, 5.74) is 6.18. The maximum atomic E-state index is 13.2. The normalized spacial score (nSPS) is 13.8. The van der Waals surface area contributed by atoms with Crippen LogP contribution in [0.3, 0.4) is 0 Å². The molecule has 32 heavy (non-hydrogen) atoms. The Morgan fingerprint density at radius 3 is 2.38 bits per heavy atom. The van der Waals surface area contributed by atoms with Crippen LogP contribution in [0.1, 0.15) is 37.0 Å².